The van der Waals surface area contributed by atoms with E-state index >= 15 is 0 Å². The van der Waals surface area contributed by atoms with Gasteiger partial charge in [-0.15, -0.1) is 10.2 Å². The Balaban J connectivity index is 1.32. The predicted octanol–water partition coefficient (Wildman–Crippen LogP) is 3.41. The van der Waals surface area contributed by atoms with E-state index in [-0.39, 0.29) is 36.0 Å². The van der Waals surface area contributed by atoms with E-state index in [0.717, 1.165) is 42.6 Å². The first kappa shape index (κ1) is 22.5. The molecule has 8 nitrogen and oxygen atoms in total. The van der Waals surface area contributed by atoms with E-state index in [9.17, 15) is 9.59 Å². The van der Waals surface area contributed by atoms with E-state index in [1.54, 1.807) is 7.11 Å². The number of hydrogen-bond donors (Lipinski definition) is 2. The van der Waals surface area contributed by atoms with Crippen molar-refractivity contribution in [3.8, 4) is 22.9 Å². The summed E-state index contributed by atoms with van der Waals surface area (Å²) in [5, 5.41) is 11.2. The first-order valence-corrected chi connectivity index (χ1v) is 11.2. The Bertz CT molecular complexity index is 1140. The van der Waals surface area contributed by atoms with Crippen LogP contribution in [-0.2, 0) is 17.8 Å². The maximum Gasteiger partial charge on any atom is 0.273 e. The fourth-order valence-corrected chi connectivity index (χ4v) is 3.89. The average Bonchev–Trinajstić information content (AvgIpc) is 3.35. The number of methoxy groups -OCH3 is 1. The van der Waals surface area contributed by atoms with Crippen molar-refractivity contribution in [2.45, 2.75) is 51.2 Å². The molecule has 0 saturated heterocycles. The molecule has 0 bridgehead atoms. The first-order chi connectivity index (χ1) is 16.1. The van der Waals surface area contributed by atoms with Crippen LogP contribution in [0.3, 0.4) is 0 Å². The molecule has 33 heavy (non-hydrogen) atoms. The standard InChI is InChI=1S/C25H28N4O4/c1-32-21-8-4-5-17(15-21)16-33-20-11-9-18(10-12-20)24-27-25(31)22(28-29-24)13-14-23(30)26-19-6-2-3-7-19/h4-5,8-12,15,19H,2-3,6-7,13-14,16H2,1H3,(H,26,30)(H,27,29,31). The molecule has 0 radical (unpaired) electrons. The average molecular weight is 449 g/mol. The number of amides is 1. The summed E-state index contributed by atoms with van der Waals surface area (Å²) in [6, 6.07) is 15.2. The molecular formula is C25H28N4O4. The molecule has 1 aromatic heterocycles. The lowest BCUT2D eigenvalue weighted by Crippen LogP contribution is -2.33. The van der Waals surface area contributed by atoms with Crippen LogP contribution in [0.4, 0.5) is 0 Å². The summed E-state index contributed by atoms with van der Waals surface area (Å²) in [6.45, 7) is 0.413. The predicted molar refractivity (Wildman–Crippen MR) is 124 cm³/mol. The third-order valence-corrected chi connectivity index (χ3v) is 5.74. The maximum atomic E-state index is 12.4. The number of nitrogens with one attached hydrogen (secondary N) is 2. The molecule has 2 N–H and O–H groups in total. The van der Waals surface area contributed by atoms with Gasteiger partial charge in [-0.25, -0.2) is 0 Å². The molecule has 1 heterocycles. The highest BCUT2D eigenvalue weighted by atomic mass is 16.5. The SMILES string of the molecule is COc1cccc(COc2ccc(-c3nnc(CCC(=O)NC4CCCC4)c(=O)[nH]3)cc2)c1. The van der Waals surface area contributed by atoms with E-state index in [2.05, 4.69) is 20.5 Å². The lowest BCUT2D eigenvalue weighted by molar-refractivity contribution is -0.121. The van der Waals surface area contributed by atoms with Crippen LogP contribution in [0.15, 0.2) is 53.3 Å². The quantitative estimate of drug-likeness (QED) is 0.520. The van der Waals surface area contributed by atoms with E-state index < -0.39 is 0 Å². The largest absolute Gasteiger partial charge is 0.497 e. The molecular weight excluding hydrogens is 420 g/mol. The van der Waals surface area contributed by atoms with E-state index in [1.165, 1.54) is 0 Å². The lowest BCUT2D eigenvalue weighted by Gasteiger charge is -2.11. The zero-order valence-electron chi connectivity index (χ0n) is 18.7. The number of rotatable bonds is 9. The van der Waals surface area contributed by atoms with E-state index in [0.29, 0.717) is 18.2 Å². The van der Waals surface area contributed by atoms with E-state index in [1.807, 2.05) is 48.5 Å². The summed E-state index contributed by atoms with van der Waals surface area (Å²) < 4.78 is 11.1. The number of carbonyl (C=O) groups excluding carboxylic acids is 1. The Labute approximate surface area is 192 Å². The van der Waals surface area contributed by atoms with Crippen LogP contribution in [0.2, 0.25) is 0 Å². The molecule has 1 aliphatic carbocycles. The second kappa shape index (κ2) is 10.8. The van der Waals surface area contributed by atoms with Crippen molar-refractivity contribution >= 4 is 5.91 Å². The molecule has 1 amide bonds. The number of aromatic amines is 1. The molecule has 0 spiro atoms. The summed E-state index contributed by atoms with van der Waals surface area (Å²) >= 11 is 0. The van der Waals surface area contributed by atoms with Gasteiger partial charge in [0.15, 0.2) is 5.82 Å². The minimum absolute atomic E-state index is 0.0447. The highest BCUT2D eigenvalue weighted by Gasteiger charge is 2.17. The Hall–Kier alpha value is -3.68. The number of H-pyrrole nitrogens is 1. The van der Waals surface area contributed by atoms with Crippen molar-refractivity contribution in [1.82, 2.24) is 20.5 Å². The molecule has 0 unspecified atom stereocenters. The fraction of sp³-hybridized carbons (Fsp3) is 0.360. The summed E-state index contributed by atoms with van der Waals surface area (Å²) in [4.78, 5) is 27.3. The zero-order chi connectivity index (χ0) is 23.0. The Kier molecular flexibility index (Phi) is 7.34. The number of aromatic nitrogens is 3. The number of aryl methyl sites for hydroxylation is 1. The monoisotopic (exact) mass is 448 g/mol. The van der Waals surface area contributed by atoms with Gasteiger partial charge in [0.25, 0.3) is 5.56 Å². The van der Waals surface area contributed by atoms with Crippen molar-refractivity contribution in [1.29, 1.82) is 0 Å². The minimum Gasteiger partial charge on any atom is -0.497 e. The Morgan fingerprint density at radius 1 is 1.09 bits per heavy atom. The van der Waals surface area contributed by atoms with Gasteiger partial charge in [-0.05, 0) is 54.8 Å². The molecule has 0 atom stereocenters. The van der Waals surface area contributed by atoms with Crippen molar-refractivity contribution in [3.63, 3.8) is 0 Å². The van der Waals surface area contributed by atoms with Crippen LogP contribution in [0.25, 0.3) is 11.4 Å². The van der Waals surface area contributed by atoms with Gasteiger partial charge in [-0.3, -0.25) is 9.59 Å². The summed E-state index contributed by atoms with van der Waals surface area (Å²) in [7, 11) is 1.63. The molecule has 8 heteroatoms. The number of benzene rings is 2. The van der Waals surface area contributed by atoms with Gasteiger partial charge in [0.2, 0.25) is 5.91 Å². The zero-order valence-corrected chi connectivity index (χ0v) is 18.7. The lowest BCUT2D eigenvalue weighted by atomic mass is 10.2. The van der Waals surface area contributed by atoms with Crippen molar-refractivity contribution in [2.24, 2.45) is 0 Å². The number of carbonyl (C=O) groups is 1. The minimum atomic E-state index is -0.327. The third-order valence-electron chi connectivity index (χ3n) is 5.74. The second-order valence-corrected chi connectivity index (χ2v) is 8.16. The van der Waals surface area contributed by atoms with Crippen LogP contribution in [0, 0.1) is 0 Å². The molecule has 172 valence electrons. The first-order valence-electron chi connectivity index (χ1n) is 11.2. The van der Waals surface area contributed by atoms with Crippen LogP contribution in [-0.4, -0.2) is 34.2 Å². The smallest absolute Gasteiger partial charge is 0.273 e. The normalized spacial score (nSPS) is 13.6. The summed E-state index contributed by atoms with van der Waals surface area (Å²) in [5.74, 6) is 1.81. The van der Waals surface area contributed by atoms with Gasteiger partial charge < -0.3 is 19.8 Å². The molecule has 1 saturated carbocycles. The fourth-order valence-electron chi connectivity index (χ4n) is 3.89. The third kappa shape index (κ3) is 6.19. The Morgan fingerprint density at radius 3 is 2.61 bits per heavy atom. The van der Waals surface area contributed by atoms with Gasteiger partial charge in [-0.1, -0.05) is 25.0 Å². The second-order valence-electron chi connectivity index (χ2n) is 8.16. The highest BCUT2D eigenvalue weighted by molar-refractivity contribution is 5.76. The number of nitrogens with zero attached hydrogens (tertiary/aromatic N) is 2. The molecule has 4 rings (SSSR count). The molecule has 3 aromatic rings. The van der Waals surface area contributed by atoms with Crippen molar-refractivity contribution in [3.05, 3.63) is 70.1 Å². The van der Waals surface area contributed by atoms with Crippen molar-refractivity contribution in [2.75, 3.05) is 7.11 Å². The maximum absolute atomic E-state index is 12.4. The molecule has 0 aliphatic heterocycles. The van der Waals surface area contributed by atoms with Gasteiger partial charge >= 0.3 is 0 Å². The van der Waals surface area contributed by atoms with Crippen LogP contribution < -0.4 is 20.3 Å². The van der Waals surface area contributed by atoms with E-state index in [4.69, 9.17) is 9.47 Å². The summed E-state index contributed by atoms with van der Waals surface area (Å²) in [6.07, 6.45) is 4.88. The number of hydrogen-bond acceptors (Lipinski definition) is 6. The van der Waals surface area contributed by atoms with Gasteiger partial charge in [-0.2, -0.15) is 0 Å². The number of ether oxygens (including phenoxy) is 2. The van der Waals surface area contributed by atoms with Crippen LogP contribution in [0.1, 0.15) is 43.4 Å². The summed E-state index contributed by atoms with van der Waals surface area (Å²) in [5.41, 5.74) is 1.66. The van der Waals surface area contributed by atoms with Gasteiger partial charge in [0, 0.05) is 24.4 Å². The molecule has 1 aliphatic rings. The van der Waals surface area contributed by atoms with Crippen LogP contribution >= 0.6 is 0 Å². The topological polar surface area (TPSA) is 106 Å². The molecule has 2 aromatic carbocycles. The van der Waals surface area contributed by atoms with Gasteiger partial charge in [0.05, 0.1) is 7.11 Å². The Morgan fingerprint density at radius 2 is 1.88 bits per heavy atom. The van der Waals surface area contributed by atoms with Crippen LogP contribution in [0.5, 0.6) is 11.5 Å². The van der Waals surface area contributed by atoms with Gasteiger partial charge in [0.1, 0.15) is 23.8 Å². The van der Waals surface area contributed by atoms with Crippen molar-refractivity contribution < 1.29 is 14.3 Å². The molecule has 1 fully saturated rings. The highest BCUT2D eigenvalue weighted by Crippen LogP contribution is 2.21.